The number of sulfonamides is 1. The first kappa shape index (κ1) is 25.9. The second kappa shape index (κ2) is 10.4. The van der Waals surface area contributed by atoms with Crippen molar-refractivity contribution in [3.63, 3.8) is 0 Å². The number of aliphatic hydroxyl groups excluding tert-OH is 1. The smallest absolute Gasteiger partial charge is 0.255 e. The lowest BCUT2D eigenvalue weighted by Gasteiger charge is -2.23. The lowest BCUT2D eigenvalue weighted by Crippen LogP contribution is -2.32. The normalized spacial score (nSPS) is 11.4. The number of anilines is 1. The van der Waals surface area contributed by atoms with Gasteiger partial charge in [-0.25, -0.2) is 17.8 Å². The van der Waals surface area contributed by atoms with E-state index in [1.807, 2.05) is 0 Å². The van der Waals surface area contributed by atoms with Gasteiger partial charge in [-0.3, -0.25) is 9.10 Å². The van der Waals surface area contributed by atoms with E-state index < -0.39 is 28.4 Å². The average Bonchev–Trinajstić information content (AvgIpc) is 3.25. The van der Waals surface area contributed by atoms with Gasteiger partial charge in [0.05, 0.1) is 37.8 Å². The number of nitrogens with zero attached hydrogens (tertiary/aromatic N) is 2. The third-order valence-electron chi connectivity index (χ3n) is 5.45. The van der Waals surface area contributed by atoms with Gasteiger partial charge in [0.1, 0.15) is 28.7 Å². The van der Waals surface area contributed by atoms with Crippen molar-refractivity contribution in [3.8, 4) is 28.7 Å². The Morgan fingerprint density at radius 2 is 1.92 bits per heavy atom. The third-order valence-corrected chi connectivity index (χ3v) is 6.63. The molecule has 0 aliphatic heterocycles. The monoisotopic (exact) mass is 529 g/mol. The van der Waals surface area contributed by atoms with Crippen molar-refractivity contribution < 1.29 is 36.6 Å². The van der Waals surface area contributed by atoms with Crippen LogP contribution in [0.1, 0.15) is 10.4 Å². The highest BCUT2D eigenvalue weighted by Crippen LogP contribution is 2.41. The molecule has 0 saturated carbocycles. The van der Waals surface area contributed by atoms with E-state index in [-0.39, 0.29) is 40.8 Å². The van der Waals surface area contributed by atoms with Gasteiger partial charge in [-0.2, -0.15) is 0 Å². The molecule has 2 N–H and O–H groups in total. The van der Waals surface area contributed by atoms with Gasteiger partial charge in [0.25, 0.3) is 5.91 Å². The van der Waals surface area contributed by atoms with Gasteiger partial charge in [0.15, 0.2) is 0 Å². The molecular weight excluding hydrogens is 505 g/mol. The summed E-state index contributed by atoms with van der Waals surface area (Å²) in [5.41, 5.74) is 1.03. The number of aliphatic hydroxyl groups is 1. The number of halogens is 1. The molecule has 4 rings (SSSR count). The first-order chi connectivity index (χ1) is 17.7. The fourth-order valence-corrected chi connectivity index (χ4v) is 4.69. The largest absolute Gasteiger partial charge is 0.495 e. The number of benzene rings is 2. The molecule has 0 fully saturated rings. The van der Waals surface area contributed by atoms with E-state index >= 15 is 0 Å². The van der Waals surface area contributed by atoms with Gasteiger partial charge in [0.2, 0.25) is 15.9 Å². The second-order valence-electron chi connectivity index (χ2n) is 7.91. The Bertz CT molecular complexity index is 1540. The minimum Gasteiger partial charge on any atom is -0.495 e. The van der Waals surface area contributed by atoms with Gasteiger partial charge < -0.3 is 24.3 Å². The molecule has 2 aromatic heterocycles. The molecule has 37 heavy (non-hydrogen) atoms. The summed E-state index contributed by atoms with van der Waals surface area (Å²) in [6, 6.07) is 11.6. The average molecular weight is 530 g/mol. The van der Waals surface area contributed by atoms with Crippen LogP contribution in [-0.4, -0.2) is 58.0 Å². The Morgan fingerprint density at radius 1 is 1.19 bits per heavy atom. The van der Waals surface area contributed by atoms with Crippen molar-refractivity contribution in [1.82, 2.24) is 10.3 Å². The van der Waals surface area contributed by atoms with Crippen LogP contribution in [0.5, 0.6) is 17.4 Å². The molecule has 0 atom stereocenters. The Kier molecular flexibility index (Phi) is 7.32. The number of amides is 1. The van der Waals surface area contributed by atoms with Gasteiger partial charge >= 0.3 is 0 Å². The number of pyridine rings is 1. The lowest BCUT2D eigenvalue weighted by molar-refractivity contribution is 0.0964. The summed E-state index contributed by atoms with van der Waals surface area (Å²) < 4.78 is 56.0. The van der Waals surface area contributed by atoms with Crippen LogP contribution in [0.2, 0.25) is 0 Å². The van der Waals surface area contributed by atoms with Gasteiger partial charge in [-0.1, -0.05) is 0 Å². The molecule has 1 amide bonds. The highest BCUT2D eigenvalue weighted by molar-refractivity contribution is 7.92. The van der Waals surface area contributed by atoms with Crippen LogP contribution >= 0.6 is 0 Å². The third kappa shape index (κ3) is 5.34. The van der Waals surface area contributed by atoms with Crippen LogP contribution in [0.15, 0.2) is 59.1 Å². The Labute approximate surface area is 212 Å². The van der Waals surface area contributed by atoms with E-state index in [0.717, 1.165) is 10.6 Å². The number of fused-ring (bicyclic) bond motifs is 1. The highest BCUT2D eigenvalue weighted by Gasteiger charge is 2.27. The molecule has 10 nitrogen and oxygen atoms in total. The molecule has 12 heteroatoms. The molecule has 2 aromatic carbocycles. The molecule has 0 bridgehead atoms. The Morgan fingerprint density at radius 3 is 2.49 bits per heavy atom. The van der Waals surface area contributed by atoms with E-state index in [0.29, 0.717) is 16.7 Å². The minimum absolute atomic E-state index is 0.150. The van der Waals surface area contributed by atoms with E-state index in [2.05, 4.69) is 10.3 Å². The molecule has 0 aliphatic carbocycles. The van der Waals surface area contributed by atoms with Crippen LogP contribution in [0.3, 0.4) is 0 Å². The van der Waals surface area contributed by atoms with Crippen molar-refractivity contribution >= 4 is 32.6 Å². The van der Waals surface area contributed by atoms with E-state index in [1.165, 1.54) is 56.8 Å². The zero-order valence-corrected chi connectivity index (χ0v) is 21.0. The highest BCUT2D eigenvalue weighted by atomic mass is 32.2. The standard InChI is InChI=1S/C25H24FN3O7S/c1-27-25(31)23-18-12-21(34-2)19(29(10-11-30)37(3,32)33)13-20(18)36-24(23)15-4-9-22(28-14-15)35-17-7-5-16(26)6-8-17/h4-9,12-14,30H,10-11H2,1-3H3,(H,27,31). The first-order valence-corrected chi connectivity index (χ1v) is 12.9. The molecule has 0 radical (unpaired) electrons. The predicted octanol–water partition coefficient (Wildman–Crippen LogP) is 3.55. The fraction of sp³-hybridized carbons (Fsp3) is 0.200. The summed E-state index contributed by atoms with van der Waals surface area (Å²) in [6.07, 6.45) is 2.47. The van der Waals surface area contributed by atoms with Crippen LogP contribution in [0, 0.1) is 5.82 Å². The summed E-state index contributed by atoms with van der Waals surface area (Å²) in [4.78, 5) is 17.1. The summed E-state index contributed by atoms with van der Waals surface area (Å²) in [5, 5.41) is 12.4. The fourth-order valence-electron chi connectivity index (χ4n) is 3.78. The summed E-state index contributed by atoms with van der Waals surface area (Å²) in [7, 11) is -0.920. The summed E-state index contributed by atoms with van der Waals surface area (Å²) >= 11 is 0. The summed E-state index contributed by atoms with van der Waals surface area (Å²) in [6.45, 7) is -0.616. The first-order valence-electron chi connectivity index (χ1n) is 11.0. The number of nitrogens with one attached hydrogen (secondary N) is 1. The van der Waals surface area contributed by atoms with Crippen LogP contribution in [0.4, 0.5) is 10.1 Å². The molecule has 0 saturated heterocycles. The molecule has 2 heterocycles. The quantitative estimate of drug-likeness (QED) is 0.337. The number of rotatable bonds is 9. The SMILES string of the molecule is CNC(=O)c1c(-c2ccc(Oc3ccc(F)cc3)nc2)oc2cc(N(CCO)S(C)(=O)=O)c(OC)cc12. The molecule has 0 unspecified atom stereocenters. The van der Waals surface area contributed by atoms with Crippen molar-refractivity contribution in [2.45, 2.75) is 0 Å². The van der Waals surface area contributed by atoms with Crippen molar-refractivity contribution in [1.29, 1.82) is 0 Å². The van der Waals surface area contributed by atoms with Crippen molar-refractivity contribution in [2.24, 2.45) is 0 Å². The molecule has 0 spiro atoms. The predicted molar refractivity (Wildman–Crippen MR) is 135 cm³/mol. The molecule has 4 aromatic rings. The number of hydrogen-bond acceptors (Lipinski definition) is 8. The number of methoxy groups -OCH3 is 1. The second-order valence-corrected chi connectivity index (χ2v) is 9.81. The van der Waals surface area contributed by atoms with Crippen molar-refractivity contribution in [3.05, 3.63) is 66.1 Å². The molecule has 194 valence electrons. The number of carbonyl (C=O) groups excluding carboxylic acids is 1. The van der Waals surface area contributed by atoms with Crippen LogP contribution in [0.25, 0.3) is 22.3 Å². The lowest BCUT2D eigenvalue weighted by atomic mass is 10.1. The number of ether oxygens (including phenoxy) is 2. The van der Waals surface area contributed by atoms with Crippen molar-refractivity contribution in [2.75, 3.05) is 37.9 Å². The number of furan rings is 1. The van der Waals surface area contributed by atoms with Crippen LogP contribution in [-0.2, 0) is 10.0 Å². The van der Waals surface area contributed by atoms with Crippen LogP contribution < -0.4 is 19.1 Å². The maximum atomic E-state index is 13.1. The zero-order valence-electron chi connectivity index (χ0n) is 20.2. The molecular formula is C25H24FN3O7S. The Balaban J connectivity index is 1.81. The maximum absolute atomic E-state index is 13.1. The number of carbonyl (C=O) groups is 1. The maximum Gasteiger partial charge on any atom is 0.255 e. The zero-order chi connectivity index (χ0) is 26.7. The van der Waals surface area contributed by atoms with Gasteiger partial charge in [0, 0.05) is 36.3 Å². The van der Waals surface area contributed by atoms with E-state index in [4.69, 9.17) is 13.9 Å². The van der Waals surface area contributed by atoms with E-state index in [1.54, 1.807) is 12.1 Å². The number of aromatic nitrogens is 1. The van der Waals surface area contributed by atoms with E-state index in [9.17, 15) is 22.7 Å². The van der Waals surface area contributed by atoms with Gasteiger partial charge in [-0.15, -0.1) is 0 Å². The summed E-state index contributed by atoms with van der Waals surface area (Å²) in [5.74, 6) is 0.176. The number of hydrogen-bond donors (Lipinski definition) is 2. The Hall–Kier alpha value is -4.16. The topological polar surface area (TPSA) is 131 Å². The van der Waals surface area contributed by atoms with Gasteiger partial charge in [-0.05, 0) is 36.4 Å². The molecule has 0 aliphatic rings. The minimum atomic E-state index is -3.76.